The summed E-state index contributed by atoms with van der Waals surface area (Å²) >= 11 is 0. The van der Waals surface area contributed by atoms with Gasteiger partial charge < -0.3 is 19.3 Å². The predicted octanol–water partition coefficient (Wildman–Crippen LogP) is 3.50. The Morgan fingerprint density at radius 3 is 1.92 bits per heavy atom. The van der Waals surface area contributed by atoms with Crippen LogP contribution in [-0.2, 0) is 11.4 Å². The van der Waals surface area contributed by atoms with Crippen molar-refractivity contribution >= 4 is 17.9 Å². The molecule has 0 saturated heterocycles. The number of allylic oxidation sites excluding steroid dienone is 2. The van der Waals surface area contributed by atoms with Gasteiger partial charge in [-0.15, -0.1) is 0 Å². The summed E-state index contributed by atoms with van der Waals surface area (Å²) in [7, 11) is 4.68. The summed E-state index contributed by atoms with van der Waals surface area (Å²) in [4.78, 5) is 12.0. The molecule has 5 heteroatoms. The zero-order valence-electron chi connectivity index (χ0n) is 15.1. The molecule has 0 bridgehead atoms. The Labute approximate surface area is 153 Å². The van der Waals surface area contributed by atoms with Crippen molar-refractivity contribution in [1.82, 2.24) is 0 Å². The Kier molecular flexibility index (Phi) is 7.00. The van der Waals surface area contributed by atoms with Gasteiger partial charge in [0, 0.05) is 5.56 Å². The van der Waals surface area contributed by atoms with Crippen molar-refractivity contribution in [3.8, 4) is 17.2 Å². The fourth-order valence-electron chi connectivity index (χ4n) is 2.39. The van der Waals surface area contributed by atoms with Gasteiger partial charge in [-0.25, -0.2) is 0 Å². The Hall–Kier alpha value is -3.05. The van der Waals surface area contributed by atoms with E-state index in [9.17, 15) is 9.90 Å². The van der Waals surface area contributed by atoms with Crippen LogP contribution in [0.1, 0.15) is 16.7 Å². The lowest BCUT2D eigenvalue weighted by atomic mass is 10.1. The monoisotopic (exact) mass is 354 g/mol. The van der Waals surface area contributed by atoms with E-state index >= 15 is 0 Å². The van der Waals surface area contributed by atoms with E-state index in [1.807, 2.05) is 12.1 Å². The van der Waals surface area contributed by atoms with Gasteiger partial charge in [-0.1, -0.05) is 24.3 Å². The number of methoxy groups -OCH3 is 3. The second-order valence-corrected chi connectivity index (χ2v) is 5.41. The Bertz CT molecular complexity index is 754. The van der Waals surface area contributed by atoms with Crippen LogP contribution in [0.4, 0.5) is 0 Å². The van der Waals surface area contributed by atoms with Crippen molar-refractivity contribution in [3.63, 3.8) is 0 Å². The second kappa shape index (κ2) is 9.44. The van der Waals surface area contributed by atoms with E-state index < -0.39 is 0 Å². The van der Waals surface area contributed by atoms with E-state index in [-0.39, 0.29) is 12.4 Å². The van der Waals surface area contributed by atoms with Crippen LogP contribution < -0.4 is 14.2 Å². The zero-order valence-corrected chi connectivity index (χ0v) is 15.1. The molecular weight excluding hydrogens is 332 g/mol. The van der Waals surface area contributed by atoms with E-state index in [1.165, 1.54) is 12.2 Å². The molecule has 0 unspecified atom stereocenters. The van der Waals surface area contributed by atoms with Crippen LogP contribution in [0.2, 0.25) is 0 Å². The standard InChI is InChI=1S/C21H22O5/c1-24-19-10-6-15(12-17(19)14-22)4-8-18(23)9-5-16-7-11-20(25-2)21(13-16)26-3/h4-13,22H,14H2,1-3H3/b8-4+,9-5+. The van der Waals surface area contributed by atoms with Crippen molar-refractivity contribution in [2.75, 3.05) is 21.3 Å². The van der Waals surface area contributed by atoms with E-state index in [4.69, 9.17) is 14.2 Å². The third-order valence-electron chi connectivity index (χ3n) is 3.76. The van der Waals surface area contributed by atoms with Crippen LogP contribution in [0.3, 0.4) is 0 Å². The molecule has 0 aromatic heterocycles. The van der Waals surface area contributed by atoms with Gasteiger partial charge in [-0.05, 0) is 47.5 Å². The SMILES string of the molecule is COc1ccc(/C=C/C(=O)/C=C/c2ccc(OC)c(OC)c2)cc1CO. The van der Waals surface area contributed by atoms with Crippen molar-refractivity contribution in [2.24, 2.45) is 0 Å². The maximum Gasteiger partial charge on any atom is 0.178 e. The number of aliphatic hydroxyl groups is 1. The normalized spacial score (nSPS) is 11.1. The highest BCUT2D eigenvalue weighted by molar-refractivity contribution is 6.04. The molecule has 0 amide bonds. The smallest absolute Gasteiger partial charge is 0.178 e. The maximum absolute atomic E-state index is 12.0. The molecule has 136 valence electrons. The number of hydrogen-bond acceptors (Lipinski definition) is 5. The molecule has 0 aliphatic rings. The highest BCUT2D eigenvalue weighted by Crippen LogP contribution is 2.28. The lowest BCUT2D eigenvalue weighted by Crippen LogP contribution is -1.92. The van der Waals surface area contributed by atoms with Crippen molar-refractivity contribution in [2.45, 2.75) is 6.61 Å². The number of aliphatic hydroxyl groups excluding tert-OH is 1. The number of carbonyl (C=O) groups is 1. The number of ether oxygens (including phenoxy) is 3. The second-order valence-electron chi connectivity index (χ2n) is 5.41. The maximum atomic E-state index is 12.0. The summed E-state index contributed by atoms with van der Waals surface area (Å²) in [5, 5.41) is 9.34. The molecule has 0 aliphatic heterocycles. The quantitative estimate of drug-likeness (QED) is 0.735. The minimum Gasteiger partial charge on any atom is -0.496 e. The van der Waals surface area contributed by atoms with Crippen LogP contribution in [0.5, 0.6) is 17.2 Å². The van der Waals surface area contributed by atoms with E-state index in [1.54, 1.807) is 57.7 Å². The van der Waals surface area contributed by atoms with Gasteiger partial charge in [0.25, 0.3) is 0 Å². The minimum absolute atomic E-state index is 0.127. The van der Waals surface area contributed by atoms with Crippen molar-refractivity contribution < 1.29 is 24.1 Å². The molecule has 0 heterocycles. The molecule has 5 nitrogen and oxygen atoms in total. The first kappa shape index (κ1) is 19.3. The average Bonchev–Trinajstić information content (AvgIpc) is 2.69. The lowest BCUT2D eigenvalue weighted by Gasteiger charge is -2.07. The van der Waals surface area contributed by atoms with Gasteiger partial charge in [0.2, 0.25) is 0 Å². The summed E-state index contributed by atoms with van der Waals surface area (Å²) < 4.78 is 15.6. The van der Waals surface area contributed by atoms with Crippen LogP contribution >= 0.6 is 0 Å². The fourth-order valence-corrected chi connectivity index (χ4v) is 2.39. The fraction of sp³-hybridized carbons (Fsp3) is 0.190. The number of benzene rings is 2. The Morgan fingerprint density at radius 2 is 1.38 bits per heavy atom. The minimum atomic E-state index is -0.152. The van der Waals surface area contributed by atoms with Gasteiger partial charge in [0.1, 0.15) is 5.75 Å². The lowest BCUT2D eigenvalue weighted by molar-refractivity contribution is -0.110. The predicted molar refractivity (Wildman–Crippen MR) is 102 cm³/mol. The molecule has 2 aromatic carbocycles. The number of ketones is 1. The average molecular weight is 354 g/mol. The van der Waals surface area contributed by atoms with Crippen LogP contribution in [0.15, 0.2) is 48.6 Å². The van der Waals surface area contributed by atoms with Crippen molar-refractivity contribution in [3.05, 3.63) is 65.2 Å². The molecule has 0 spiro atoms. The molecule has 26 heavy (non-hydrogen) atoms. The zero-order chi connectivity index (χ0) is 18.9. The Balaban J connectivity index is 2.08. The van der Waals surface area contributed by atoms with Crippen LogP contribution in [0.25, 0.3) is 12.2 Å². The highest BCUT2D eigenvalue weighted by Gasteiger charge is 2.03. The summed E-state index contributed by atoms with van der Waals surface area (Å²) in [6, 6.07) is 10.8. The molecule has 2 aromatic rings. The third kappa shape index (κ3) is 4.97. The highest BCUT2D eigenvalue weighted by atomic mass is 16.5. The molecule has 0 saturated carbocycles. The molecule has 0 fully saturated rings. The summed E-state index contributed by atoms with van der Waals surface area (Å²) in [5.74, 6) is 1.70. The first-order chi connectivity index (χ1) is 12.6. The van der Waals surface area contributed by atoms with Gasteiger partial charge in [-0.2, -0.15) is 0 Å². The topological polar surface area (TPSA) is 65.0 Å². The Morgan fingerprint density at radius 1 is 0.846 bits per heavy atom. The van der Waals surface area contributed by atoms with Crippen molar-refractivity contribution in [1.29, 1.82) is 0 Å². The van der Waals surface area contributed by atoms with Crippen LogP contribution in [0, 0.1) is 0 Å². The molecular formula is C21H22O5. The van der Waals surface area contributed by atoms with Crippen LogP contribution in [-0.4, -0.2) is 32.2 Å². The molecule has 0 aliphatic carbocycles. The summed E-state index contributed by atoms with van der Waals surface area (Å²) in [6.45, 7) is -0.127. The van der Waals surface area contributed by atoms with Gasteiger partial charge >= 0.3 is 0 Å². The number of rotatable bonds is 8. The molecule has 0 radical (unpaired) electrons. The first-order valence-electron chi connectivity index (χ1n) is 8.01. The molecule has 1 N–H and O–H groups in total. The molecule has 2 rings (SSSR count). The van der Waals surface area contributed by atoms with Gasteiger partial charge in [0.05, 0.1) is 27.9 Å². The first-order valence-corrected chi connectivity index (χ1v) is 8.01. The van der Waals surface area contributed by atoms with E-state index in [0.717, 1.165) is 11.1 Å². The van der Waals surface area contributed by atoms with Gasteiger partial charge in [0.15, 0.2) is 17.3 Å². The summed E-state index contributed by atoms with van der Waals surface area (Å²) in [6.07, 6.45) is 6.36. The number of carbonyl (C=O) groups excluding carboxylic acids is 1. The third-order valence-corrected chi connectivity index (χ3v) is 3.76. The van der Waals surface area contributed by atoms with E-state index in [0.29, 0.717) is 22.8 Å². The molecule has 0 atom stereocenters. The number of hydrogen-bond donors (Lipinski definition) is 1. The summed E-state index contributed by atoms with van der Waals surface area (Å²) in [5.41, 5.74) is 2.31. The largest absolute Gasteiger partial charge is 0.496 e. The van der Waals surface area contributed by atoms with Gasteiger partial charge in [-0.3, -0.25) is 4.79 Å². The van der Waals surface area contributed by atoms with E-state index in [2.05, 4.69) is 0 Å².